The summed E-state index contributed by atoms with van der Waals surface area (Å²) in [4.78, 5) is 13.0. The number of rotatable bonds is 3. The van der Waals surface area contributed by atoms with Gasteiger partial charge in [-0.05, 0) is 29.7 Å². The Balaban J connectivity index is 2.42. The van der Waals surface area contributed by atoms with Crippen LogP contribution in [0.15, 0.2) is 54.6 Å². The van der Waals surface area contributed by atoms with Gasteiger partial charge in [-0.1, -0.05) is 48.5 Å². The van der Waals surface area contributed by atoms with Crippen LogP contribution in [0, 0.1) is 17.0 Å². The second-order valence-corrected chi connectivity index (χ2v) is 5.14. The number of benzene rings is 2. The fourth-order valence-corrected chi connectivity index (χ4v) is 2.66. The molecule has 0 amide bonds. The first-order valence-electron chi connectivity index (χ1n) is 6.90. The van der Waals surface area contributed by atoms with Crippen LogP contribution in [0.4, 0.5) is 8.78 Å². The minimum atomic E-state index is -4.24. The van der Waals surface area contributed by atoms with E-state index in [9.17, 15) is 18.9 Å². The van der Waals surface area contributed by atoms with Crippen molar-refractivity contribution in [2.24, 2.45) is 0 Å². The average Bonchev–Trinajstić information content (AvgIpc) is 2.54. The van der Waals surface area contributed by atoms with Crippen LogP contribution in [0.1, 0.15) is 11.3 Å². The maximum absolute atomic E-state index is 14.0. The van der Waals surface area contributed by atoms with E-state index in [0.717, 1.165) is 0 Å². The van der Waals surface area contributed by atoms with E-state index in [1.807, 2.05) is 6.07 Å². The van der Waals surface area contributed by atoms with Gasteiger partial charge in [-0.25, -0.2) is 4.98 Å². The maximum atomic E-state index is 14.0. The molecule has 116 valence electrons. The molecule has 4 nitrogen and oxygen atoms in total. The molecule has 0 aliphatic rings. The summed E-state index contributed by atoms with van der Waals surface area (Å²) in [5.74, 6) is 0. The van der Waals surface area contributed by atoms with Crippen LogP contribution in [0.5, 0.6) is 0 Å². The molecular formula is C17H12F2N2O2. The topological polar surface area (TPSA) is 56.0 Å². The van der Waals surface area contributed by atoms with Crippen molar-refractivity contribution in [1.29, 1.82) is 0 Å². The molecule has 6 heteroatoms. The predicted molar refractivity (Wildman–Crippen MR) is 82.8 cm³/mol. The Hall–Kier alpha value is -2.89. The second kappa shape index (κ2) is 5.39. The first-order valence-corrected chi connectivity index (χ1v) is 6.90. The number of para-hydroxylation sites is 1. The number of nitro groups is 1. The number of hydrogen-bond acceptors (Lipinski definition) is 3. The van der Waals surface area contributed by atoms with Crippen LogP contribution in [-0.2, 0) is 6.05 Å². The molecule has 0 fully saturated rings. The summed E-state index contributed by atoms with van der Waals surface area (Å²) >= 11 is 0. The fraction of sp³-hybridized carbons (Fsp3) is 0.118. The molecule has 1 aromatic heterocycles. The molecule has 0 N–H and O–H groups in total. The Morgan fingerprint density at radius 3 is 2.30 bits per heavy atom. The van der Waals surface area contributed by atoms with Crippen molar-refractivity contribution in [2.45, 2.75) is 13.0 Å². The molecule has 0 unspecified atom stereocenters. The zero-order valence-electron chi connectivity index (χ0n) is 12.2. The predicted octanol–water partition coefficient (Wildman–Crippen LogP) is 4.54. The van der Waals surface area contributed by atoms with E-state index in [1.54, 1.807) is 48.5 Å². The standard InChI is InChI=1S/C17H12F2N2O2/c1-11-15(12-7-3-2-4-8-12)13-9-5-6-10-14(13)20-16(11)17(18,19)21(22)23/h2-10H,1H3. The van der Waals surface area contributed by atoms with E-state index in [4.69, 9.17) is 0 Å². The Labute approximate surface area is 130 Å². The van der Waals surface area contributed by atoms with Gasteiger partial charge in [-0.15, -0.1) is 8.78 Å². The number of aromatic nitrogens is 1. The van der Waals surface area contributed by atoms with Gasteiger partial charge in [0.2, 0.25) is 0 Å². The van der Waals surface area contributed by atoms with Crippen molar-refractivity contribution >= 4 is 10.9 Å². The molecular weight excluding hydrogens is 302 g/mol. The SMILES string of the molecule is Cc1c(C(F)(F)[N+](=O)[O-])nc2ccccc2c1-c1ccccc1. The maximum Gasteiger partial charge on any atom is 0.556 e. The lowest BCUT2D eigenvalue weighted by atomic mass is 9.94. The largest absolute Gasteiger partial charge is 0.556 e. The Morgan fingerprint density at radius 1 is 1.04 bits per heavy atom. The van der Waals surface area contributed by atoms with Gasteiger partial charge in [-0.3, -0.25) is 10.1 Å². The summed E-state index contributed by atoms with van der Waals surface area (Å²) < 4.78 is 28.0. The molecule has 0 radical (unpaired) electrons. The molecule has 0 atom stereocenters. The zero-order valence-corrected chi connectivity index (χ0v) is 12.2. The minimum absolute atomic E-state index is 0.108. The quantitative estimate of drug-likeness (QED) is 0.405. The lowest BCUT2D eigenvalue weighted by molar-refractivity contribution is -0.657. The second-order valence-electron chi connectivity index (χ2n) is 5.14. The molecule has 3 rings (SSSR count). The van der Waals surface area contributed by atoms with E-state index in [2.05, 4.69) is 4.98 Å². The molecule has 0 spiro atoms. The Bertz CT molecular complexity index is 896. The molecule has 3 aromatic rings. The van der Waals surface area contributed by atoms with Gasteiger partial charge in [0.25, 0.3) is 0 Å². The first-order chi connectivity index (χ1) is 10.9. The highest BCUT2D eigenvalue weighted by Crippen LogP contribution is 2.38. The highest BCUT2D eigenvalue weighted by atomic mass is 19.3. The number of nitrogens with zero attached hydrogens (tertiary/aromatic N) is 2. The number of fused-ring (bicyclic) bond motifs is 1. The summed E-state index contributed by atoms with van der Waals surface area (Å²) in [5, 5.41) is 11.5. The zero-order chi connectivity index (χ0) is 16.6. The van der Waals surface area contributed by atoms with E-state index < -0.39 is 16.7 Å². The number of halogens is 2. The summed E-state index contributed by atoms with van der Waals surface area (Å²) in [5.41, 5.74) is 0.835. The van der Waals surface area contributed by atoms with Gasteiger partial charge in [0.15, 0.2) is 5.69 Å². The lowest BCUT2D eigenvalue weighted by Crippen LogP contribution is -2.27. The molecule has 1 heterocycles. The van der Waals surface area contributed by atoms with Gasteiger partial charge < -0.3 is 0 Å². The smallest absolute Gasteiger partial charge is 0.259 e. The van der Waals surface area contributed by atoms with Crippen LogP contribution < -0.4 is 0 Å². The Kier molecular flexibility index (Phi) is 3.52. The van der Waals surface area contributed by atoms with E-state index in [-0.39, 0.29) is 5.56 Å². The van der Waals surface area contributed by atoms with Crippen LogP contribution in [0.2, 0.25) is 0 Å². The van der Waals surface area contributed by atoms with E-state index in [0.29, 0.717) is 22.0 Å². The van der Waals surface area contributed by atoms with Crippen LogP contribution in [0.25, 0.3) is 22.0 Å². The van der Waals surface area contributed by atoms with Crippen molar-refractivity contribution in [2.75, 3.05) is 0 Å². The summed E-state index contributed by atoms with van der Waals surface area (Å²) in [6.07, 6.45) is 0. The molecule has 0 aliphatic carbocycles. The number of alkyl halides is 2. The van der Waals surface area contributed by atoms with Gasteiger partial charge in [0, 0.05) is 5.39 Å². The normalized spacial score (nSPS) is 11.6. The van der Waals surface area contributed by atoms with E-state index >= 15 is 0 Å². The molecule has 0 saturated carbocycles. The minimum Gasteiger partial charge on any atom is -0.259 e. The molecule has 0 saturated heterocycles. The molecule has 0 aliphatic heterocycles. The highest BCUT2D eigenvalue weighted by Gasteiger charge is 2.50. The molecule has 0 bridgehead atoms. The molecule has 23 heavy (non-hydrogen) atoms. The van der Waals surface area contributed by atoms with E-state index in [1.165, 1.54) is 6.92 Å². The third kappa shape index (κ3) is 2.42. The average molecular weight is 314 g/mol. The number of pyridine rings is 1. The summed E-state index contributed by atoms with van der Waals surface area (Å²) in [6, 6.07) is 11.5. The van der Waals surface area contributed by atoms with Gasteiger partial charge in [0.05, 0.1) is 5.52 Å². The fourth-order valence-electron chi connectivity index (χ4n) is 2.66. The third-order valence-corrected chi connectivity index (χ3v) is 3.71. The van der Waals surface area contributed by atoms with Crippen molar-refractivity contribution in [3.05, 3.63) is 76.0 Å². The van der Waals surface area contributed by atoms with Crippen LogP contribution >= 0.6 is 0 Å². The summed E-state index contributed by atoms with van der Waals surface area (Å²) in [7, 11) is 0. The first kappa shape index (κ1) is 15.0. The van der Waals surface area contributed by atoms with Crippen LogP contribution in [0.3, 0.4) is 0 Å². The monoisotopic (exact) mass is 314 g/mol. The molecule has 2 aromatic carbocycles. The Morgan fingerprint density at radius 2 is 1.65 bits per heavy atom. The van der Waals surface area contributed by atoms with Gasteiger partial charge in [0.1, 0.15) is 4.92 Å². The summed E-state index contributed by atoms with van der Waals surface area (Å²) in [6.45, 7) is 1.44. The van der Waals surface area contributed by atoms with Crippen molar-refractivity contribution < 1.29 is 13.7 Å². The van der Waals surface area contributed by atoms with Crippen molar-refractivity contribution in [1.82, 2.24) is 4.98 Å². The third-order valence-electron chi connectivity index (χ3n) is 3.71. The van der Waals surface area contributed by atoms with Gasteiger partial charge in [-0.2, -0.15) is 0 Å². The van der Waals surface area contributed by atoms with Crippen molar-refractivity contribution in [3.8, 4) is 11.1 Å². The lowest BCUT2D eigenvalue weighted by Gasteiger charge is -2.16. The number of hydrogen-bond donors (Lipinski definition) is 0. The van der Waals surface area contributed by atoms with Crippen LogP contribution in [-0.4, -0.2) is 9.91 Å². The van der Waals surface area contributed by atoms with Crippen molar-refractivity contribution in [3.63, 3.8) is 0 Å². The highest BCUT2D eigenvalue weighted by molar-refractivity contribution is 5.96. The van der Waals surface area contributed by atoms with Gasteiger partial charge >= 0.3 is 6.05 Å².